The fourth-order valence-corrected chi connectivity index (χ4v) is 4.42. The van der Waals surface area contributed by atoms with E-state index < -0.39 is 34.1 Å². The van der Waals surface area contributed by atoms with Crippen LogP contribution in [0.5, 0.6) is 0 Å². The summed E-state index contributed by atoms with van der Waals surface area (Å²) in [5.41, 5.74) is 5.29. The molecule has 0 aromatic rings. The minimum Gasteiger partial charge on any atom is -0.444 e. The second-order valence-corrected chi connectivity index (χ2v) is 10.7. The number of carbonyl (C=O) groups is 2. The summed E-state index contributed by atoms with van der Waals surface area (Å²) in [6.07, 6.45) is 0.449. The van der Waals surface area contributed by atoms with E-state index in [1.165, 1.54) is 4.90 Å². The van der Waals surface area contributed by atoms with Crippen LogP contribution >= 0.6 is 0 Å². The molecular formula is C19H34N4O7S. The molecule has 0 radical (unpaired) electrons. The van der Waals surface area contributed by atoms with Crippen LogP contribution in [0.3, 0.4) is 0 Å². The second kappa shape index (κ2) is 9.60. The van der Waals surface area contributed by atoms with Gasteiger partial charge in [-0.15, -0.1) is 0 Å². The molecule has 0 aromatic carbocycles. The third-order valence-electron chi connectivity index (χ3n) is 5.45. The SMILES string of the molecule is CC1C(OS(C)(=O)=O)OC(=O)N1CCC(C(=N)N)C1CCN(C(=O)OC(C)(C)C)CC1. The van der Waals surface area contributed by atoms with Crippen LogP contribution in [0.2, 0.25) is 0 Å². The number of hydrogen-bond donors (Lipinski definition) is 2. The highest BCUT2D eigenvalue weighted by Crippen LogP contribution is 2.30. The number of rotatable bonds is 7. The van der Waals surface area contributed by atoms with Crippen LogP contribution in [-0.2, 0) is 23.8 Å². The molecule has 0 aliphatic carbocycles. The average Bonchev–Trinajstić information content (AvgIpc) is 2.86. The van der Waals surface area contributed by atoms with Crippen LogP contribution in [0.15, 0.2) is 0 Å². The molecule has 3 unspecified atom stereocenters. The van der Waals surface area contributed by atoms with Crippen LogP contribution in [0.4, 0.5) is 9.59 Å². The zero-order chi connectivity index (χ0) is 23.6. The van der Waals surface area contributed by atoms with Gasteiger partial charge in [-0.25, -0.2) is 13.8 Å². The zero-order valence-electron chi connectivity index (χ0n) is 18.8. The fourth-order valence-electron chi connectivity index (χ4n) is 3.88. The predicted octanol–water partition coefficient (Wildman–Crippen LogP) is 1.72. The van der Waals surface area contributed by atoms with Crippen molar-refractivity contribution in [2.24, 2.45) is 17.6 Å². The molecule has 3 N–H and O–H groups in total. The summed E-state index contributed by atoms with van der Waals surface area (Å²) in [4.78, 5) is 27.5. The van der Waals surface area contributed by atoms with Crippen LogP contribution in [0.25, 0.3) is 0 Å². The number of amides is 2. The van der Waals surface area contributed by atoms with Gasteiger partial charge >= 0.3 is 12.2 Å². The molecule has 2 aliphatic heterocycles. The summed E-state index contributed by atoms with van der Waals surface area (Å²) in [6, 6.07) is -0.594. The van der Waals surface area contributed by atoms with Gasteiger partial charge in [-0.2, -0.15) is 8.42 Å². The van der Waals surface area contributed by atoms with Crippen molar-refractivity contribution in [1.82, 2.24) is 9.80 Å². The number of carbonyl (C=O) groups excluding carboxylic acids is 2. The molecule has 178 valence electrons. The minimum absolute atomic E-state index is 0.0277. The first-order chi connectivity index (χ1) is 14.2. The van der Waals surface area contributed by atoms with Crippen molar-refractivity contribution < 1.29 is 31.7 Å². The monoisotopic (exact) mass is 462 g/mol. The van der Waals surface area contributed by atoms with Crippen LogP contribution in [0.1, 0.15) is 47.0 Å². The number of nitrogens with one attached hydrogen (secondary N) is 1. The van der Waals surface area contributed by atoms with Gasteiger partial charge in [0.25, 0.3) is 10.1 Å². The molecule has 3 atom stereocenters. The summed E-state index contributed by atoms with van der Waals surface area (Å²) >= 11 is 0. The largest absolute Gasteiger partial charge is 0.444 e. The summed E-state index contributed by atoms with van der Waals surface area (Å²) in [5, 5.41) is 8.01. The smallest absolute Gasteiger partial charge is 0.412 e. The van der Waals surface area contributed by atoms with Gasteiger partial charge in [0, 0.05) is 25.6 Å². The Morgan fingerprint density at radius 2 is 1.90 bits per heavy atom. The molecule has 12 heteroatoms. The van der Waals surface area contributed by atoms with Gasteiger partial charge in [-0.3, -0.25) is 10.3 Å². The van der Waals surface area contributed by atoms with E-state index in [0.717, 1.165) is 6.26 Å². The van der Waals surface area contributed by atoms with Gasteiger partial charge < -0.3 is 20.1 Å². The van der Waals surface area contributed by atoms with E-state index in [1.807, 2.05) is 20.8 Å². The summed E-state index contributed by atoms with van der Waals surface area (Å²) in [6.45, 7) is 8.37. The zero-order valence-corrected chi connectivity index (χ0v) is 19.6. The van der Waals surface area contributed by atoms with Gasteiger partial charge in [0.2, 0.25) is 6.29 Å². The summed E-state index contributed by atoms with van der Waals surface area (Å²) in [7, 11) is -3.77. The number of nitrogens with zero attached hydrogens (tertiary/aromatic N) is 2. The molecule has 2 saturated heterocycles. The van der Waals surface area contributed by atoms with Crippen molar-refractivity contribution in [1.29, 1.82) is 5.41 Å². The normalized spacial score (nSPS) is 24.1. The maximum Gasteiger partial charge on any atom is 0.412 e. The molecular weight excluding hydrogens is 428 g/mol. The highest BCUT2D eigenvalue weighted by Gasteiger charge is 2.42. The Labute approximate surface area is 183 Å². The maximum absolute atomic E-state index is 12.2. The third-order valence-corrected chi connectivity index (χ3v) is 5.99. The highest BCUT2D eigenvalue weighted by molar-refractivity contribution is 7.86. The standard InChI is InChI=1S/C19H34N4O7S/c1-12-16(30-31(5,26)27)28-18(25)23(12)11-8-14(15(20)21)13-6-9-22(10-7-13)17(24)29-19(2,3)4/h12-14,16H,6-11H2,1-5H3,(H3,20,21). The first-order valence-electron chi connectivity index (χ1n) is 10.4. The molecule has 0 bridgehead atoms. The average molecular weight is 463 g/mol. The second-order valence-electron chi connectivity index (χ2n) is 9.14. The van der Waals surface area contributed by atoms with Crippen molar-refractivity contribution in [2.45, 2.75) is 64.9 Å². The molecule has 0 spiro atoms. The molecule has 2 heterocycles. The Kier molecular flexibility index (Phi) is 7.79. The third kappa shape index (κ3) is 7.23. The Morgan fingerprint density at radius 1 is 1.32 bits per heavy atom. The van der Waals surface area contributed by atoms with Crippen molar-refractivity contribution in [3.63, 3.8) is 0 Å². The highest BCUT2D eigenvalue weighted by atomic mass is 32.2. The van der Waals surface area contributed by atoms with E-state index in [9.17, 15) is 18.0 Å². The van der Waals surface area contributed by atoms with Crippen molar-refractivity contribution in [3.8, 4) is 0 Å². The van der Waals surface area contributed by atoms with E-state index in [-0.39, 0.29) is 30.3 Å². The van der Waals surface area contributed by atoms with Crippen molar-refractivity contribution in [3.05, 3.63) is 0 Å². The van der Waals surface area contributed by atoms with E-state index in [2.05, 4.69) is 0 Å². The van der Waals surface area contributed by atoms with Crippen LogP contribution in [0, 0.1) is 17.2 Å². The number of likely N-dealkylation sites (tertiary alicyclic amines) is 1. The maximum atomic E-state index is 12.2. The van der Waals surface area contributed by atoms with Crippen LogP contribution in [-0.4, -0.2) is 80.1 Å². The summed E-state index contributed by atoms with van der Waals surface area (Å²) in [5.74, 6) is -0.149. The quantitative estimate of drug-likeness (QED) is 0.329. The van der Waals surface area contributed by atoms with E-state index in [1.54, 1.807) is 11.8 Å². The Hall–Kier alpha value is -2.08. The lowest BCUT2D eigenvalue weighted by Gasteiger charge is -2.36. The van der Waals surface area contributed by atoms with E-state index in [0.29, 0.717) is 32.4 Å². The fraction of sp³-hybridized carbons (Fsp3) is 0.842. The lowest BCUT2D eigenvalue weighted by molar-refractivity contribution is -0.00749. The Morgan fingerprint density at radius 3 is 2.39 bits per heavy atom. The lowest BCUT2D eigenvalue weighted by atomic mass is 9.81. The lowest BCUT2D eigenvalue weighted by Crippen LogP contribution is -2.45. The van der Waals surface area contributed by atoms with Gasteiger partial charge in [-0.1, -0.05) is 0 Å². The summed E-state index contributed by atoms with van der Waals surface area (Å²) < 4.78 is 37.9. The molecule has 2 aliphatic rings. The van der Waals surface area contributed by atoms with Gasteiger partial charge in [-0.05, 0) is 52.9 Å². The number of ether oxygens (including phenoxy) is 2. The molecule has 31 heavy (non-hydrogen) atoms. The molecule has 2 amide bonds. The predicted molar refractivity (Wildman–Crippen MR) is 113 cm³/mol. The van der Waals surface area contributed by atoms with E-state index >= 15 is 0 Å². The molecule has 2 fully saturated rings. The molecule has 2 rings (SSSR count). The van der Waals surface area contributed by atoms with Crippen molar-refractivity contribution in [2.75, 3.05) is 25.9 Å². The molecule has 11 nitrogen and oxygen atoms in total. The Balaban J connectivity index is 1.92. The topological polar surface area (TPSA) is 152 Å². The van der Waals surface area contributed by atoms with Gasteiger partial charge in [0.1, 0.15) is 5.60 Å². The van der Waals surface area contributed by atoms with Crippen LogP contribution < -0.4 is 5.73 Å². The number of nitrogens with two attached hydrogens (primary N) is 1. The number of amidine groups is 1. The molecule has 0 aromatic heterocycles. The van der Waals surface area contributed by atoms with Crippen molar-refractivity contribution >= 4 is 28.1 Å². The Bertz CT molecular complexity index is 788. The van der Waals surface area contributed by atoms with Gasteiger partial charge in [0.15, 0.2) is 0 Å². The number of hydrogen-bond acceptors (Lipinski definition) is 8. The first kappa shape index (κ1) is 25.2. The molecule has 0 saturated carbocycles. The van der Waals surface area contributed by atoms with E-state index in [4.69, 9.17) is 24.8 Å². The minimum atomic E-state index is -3.77. The first-order valence-corrected chi connectivity index (χ1v) is 12.2. The van der Waals surface area contributed by atoms with Gasteiger partial charge in [0.05, 0.1) is 18.1 Å². The number of cyclic esters (lactones) is 1. The number of piperidine rings is 1.